The summed E-state index contributed by atoms with van der Waals surface area (Å²) in [6.07, 6.45) is 0. The van der Waals surface area contributed by atoms with Crippen LogP contribution in [0.4, 0.5) is 5.69 Å². The molecule has 0 aliphatic carbocycles. The van der Waals surface area contributed by atoms with Crippen molar-refractivity contribution in [3.05, 3.63) is 50.3 Å². The van der Waals surface area contributed by atoms with E-state index in [4.69, 9.17) is 0 Å². The molecule has 2 rings (SSSR count). The van der Waals surface area contributed by atoms with Crippen molar-refractivity contribution in [2.45, 2.75) is 6.92 Å². The van der Waals surface area contributed by atoms with Crippen LogP contribution in [0.1, 0.15) is 16.1 Å². The van der Waals surface area contributed by atoms with Gasteiger partial charge < -0.3 is 5.32 Å². The van der Waals surface area contributed by atoms with E-state index in [0.717, 1.165) is 10.0 Å². The number of hydrogen-bond acceptors (Lipinski definition) is 2. The number of rotatable bonds is 2. The Balaban J connectivity index is 2.18. The first-order chi connectivity index (χ1) is 8.06. The van der Waals surface area contributed by atoms with Gasteiger partial charge in [0.2, 0.25) is 0 Å². The van der Waals surface area contributed by atoms with Crippen LogP contribution in [0, 0.1) is 6.92 Å². The third-order valence-electron chi connectivity index (χ3n) is 2.26. The van der Waals surface area contributed by atoms with Crippen molar-refractivity contribution in [2.75, 3.05) is 5.32 Å². The molecule has 0 aliphatic heterocycles. The molecular formula is C11H10BrN3O2. The van der Waals surface area contributed by atoms with Gasteiger partial charge in [-0.1, -0.05) is 15.9 Å². The zero-order valence-electron chi connectivity index (χ0n) is 9.00. The molecule has 0 fully saturated rings. The second-order valence-corrected chi connectivity index (χ2v) is 4.44. The summed E-state index contributed by atoms with van der Waals surface area (Å²) in [6.45, 7) is 1.93. The third-order valence-corrected chi connectivity index (χ3v) is 3.15. The Kier molecular flexibility index (Phi) is 3.14. The summed E-state index contributed by atoms with van der Waals surface area (Å²) in [5.74, 6) is -0.356. The first-order valence-corrected chi connectivity index (χ1v) is 5.71. The van der Waals surface area contributed by atoms with Crippen LogP contribution in [-0.2, 0) is 0 Å². The van der Waals surface area contributed by atoms with Gasteiger partial charge in [0.15, 0.2) is 0 Å². The van der Waals surface area contributed by atoms with E-state index in [9.17, 15) is 9.59 Å². The van der Waals surface area contributed by atoms with Crippen LogP contribution in [-0.4, -0.2) is 16.1 Å². The molecule has 6 heteroatoms. The smallest absolute Gasteiger partial charge is 0.273 e. The summed E-state index contributed by atoms with van der Waals surface area (Å²) in [7, 11) is 0. The number of hydrogen-bond donors (Lipinski definition) is 3. The number of amides is 1. The standard InChI is InChI=1S/C11H10BrN3O2/c1-6-4-7(2-3-8(6)12)13-11(17)9-5-10(16)15-14-9/h2-5H,1H3,(H,13,17)(H2,14,15,16). The first-order valence-electron chi connectivity index (χ1n) is 4.91. The fourth-order valence-electron chi connectivity index (χ4n) is 1.38. The zero-order valence-corrected chi connectivity index (χ0v) is 10.6. The van der Waals surface area contributed by atoms with E-state index in [-0.39, 0.29) is 17.2 Å². The van der Waals surface area contributed by atoms with Crippen LogP contribution in [0.15, 0.2) is 33.5 Å². The van der Waals surface area contributed by atoms with Crippen LogP contribution < -0.4 is 10.9 Å². The number of halogens is 1. The molecule has 0 saturated heterocycles. The van der Waals surface area contributed by atoms with Gasteiger partial charge in [-0.25, -0.2) is 0 Å². The minimum Gasteiger partial charge on any atom is -0.321 e. The molecule has 0 saturated carbocycles. The lowest BCUT2D eigenvalue weighted by Gasteiger charge is -2.05. The summed E-state index contributed by atoms with van der Waals surface area (Å²) < 4.78 is 0.977. The number of aryl methyl sites for hydroxylation is 1. The van der Waals surface area contributed by atoms with E-state index < -0.39 is 0 Å². The maximum atomic E-state index is 11.7. The van der Waals surface area contributed by atoms with Gasteiger partial charge in [-0.15, -0.1) is 0 Å². The molecule has 1 aromatic carbocycles. The van der Waals surface area contributed by atoms with Gasteiger partial charge in [0.25, 0.3) is 11.5 Å². The van der Waals surface area contributed by atoms with Gasteiger partial charge in [0.1, 0.15) is 5.69 Å². The lowest BCUT2D eigenvalue weighted by Crippen LogP contribution is -2.12. The van der Waals surface area contributed by atoms with Crippen molar-refractivity contribution in [2.24, 2.45) is 0 Å². The summed E-state index contributed by atoms with van der Waals surface area (Å²) in [4.78, 5) is 22.6. The second kappa shape index (κ2) is 4.58. The van der Waals surface area contributed by atoms with Gasteiger partial charge >= 0.3 is 0 Å². The van der Waals surface area contributed by atoms with Crippen molar-refractivity contribution in [1.29, 1.82) is 0 Å². The lowest BCUT2D eigenvalue weighted by molar-refractivity contribution is 0.102. The minimum atomic E-state index is -0.356. The van der Waals surface area contributed by atoms with Crippen LogP contribution in [0.25, 0.3) is 0 Å². The molecular weight excluding hydrogens is 286 g/mol. The van der Waals surface area contributed by atoms with Gasteiger partial charge in [-0.05, 0) is 30.7 Å². The van der Waals surface area contributed by atoms with Gasteiger partial charge in [0.05, 0.1) is 0 Å². The van der Waals surface area contributed by atoms with Crippen molar-refractivity contribution in [3.63, 3.8) is 0 Å². The highest BCUT2D eigenvalue weighted by molar-refractivity contribution is 9.10. The molecule has 0 radical (unpaired) electrons. The molecule has 0 atom stereocenters. The van der Waals surface area contributed by atoms with Crippen LogP contribution >= 0.6 is 15.9 Å². The highest BCUT2D eigenvalue weighted by Gasteiger charge is 2.08. The first kappa shape index (κ1) is 11.7. The molecule has 5 nitrogen and oxygen atoms in total. The Labute approximate surface area is 105 Å². The molecule has 3 N–H and O–H groups in total. The summed E-state index contributed by atoms with van der Waals surface area (Å²) in [6, 6.07) is 6.68. The maximum absolute atomic E-state index is 11.7. The maximum Gasteiger partial charge on any atom is 0.273 e. The molecule has 1 heterocycles. The molecule has 17 heavy (non-hydrogen) atoms. The molecule has 1 amide bonds. The lowest BCUT2D eigenvalue weighted by atomic mass is 10.2. The third kappa shape index (κ3) is 2.65. The number of benzene rings is 1. The molecule has 0 unspecified atom stereocenters. The molecule has 0 spiro atoms. The predicted octanol–water partition coefficient (Wildman–Crippen LogP) is 2.03. The molecule has 0 bridgehead atoms. The summed E-state index contributed by atoms with van der Waals surface area (Å²) >= 11 is 3.38. The molecule has 0 aliphatic rings. The molecule has 88 valence electrons. The monoisotopic (exact) mass is 295 g/mol. The number of carbonyl (C=O) groups excluding carboxylic acids is 1. The van der Waals surface area contributed by atoms with Crippen LogP contribution in [0.3, 0.4) is 0 Å². The average molecular weight is 296 g/mol. The molecule has 1 aromatic heterocycles. The highest BCUT2D eigenvalue weighted by Crippen LogP contribution is 2.20. The second-order valence-electron chi connectivity index (χ2n) is 3.59. The fraction of sp³-hybridized carbons (Fsp3) is 0.0909. The quantitative estimate of drug-likeness (QED) is 0.793. The van der Waals surface area contributed by atoms with Crippen LogP contribution in [0.5, 0.6) is 0 Å². The number of H-pyrrole nitrogens is 2. The fourth-order valence-corrected chi connectivity index (χ4v) is 1.62. The van der Waals surface area contributed by atoms with E-state index in [1.54, 1.807) is 6.07 Å². The SMILES string of the molecule is Cc1cc(NC(=O)c2cc(=O)[nH][nH]2)ccc1Br. The topological polar surface area (TPSA) is 77.8 Å². The Morgan fingerprint density at radius 1 is 1.29 bits per heavy atom. The Hall–Kier alpha value is -1.82. The van der Waals surface area contributed by atoms with E-state index in [2.05, 4.69) is 31.4 Å². The number of aromatic amines is 2. The van der Waals surface area contributed by atoms with Crippen molar-refractivity contribution in [1.82, 2.24) is 10.2 Å². The Morgan fingerprint density at radius 3 is 2.65 bits per heavy atom. The van der Waals surface area contributed by atoms with Crippen molar-refractivity contribution >= 4 is 27.5 Å². The predicted molar refractivity (Wildman–Crippen MR) is 68.2 cm³/mol. The van der Waals surface area contributed by atoms with E-state index in [1.807, 2.05) is 19.1 Å². The zero-order chi connectivity index (χ0) is 12.4. The summed E-state index contributed by atoms with van der Waals surface area (Å²) in [5, 5.41) is 7.49. The largest absolute Gasteiger partial charge is 0.321 e. The highest BCUT2D eigenvalue weighted by atomic mass is 79.9. The van der Waals surface area contributed by atoms with Crippen molar-refractivity contribution in [3.8, 4) is 0 Å². The minimum absolute atomic E-state index is 0.204. The van der Waals surface area contributed by atoms with Gasteiger partial charge in [0, 0.05) is 16.2 Å². The van der Waals surface area contributed by atoms with Crippen molar-refractivity contribution < 1.29 is 4.79 Å². The average Bonchev–Trinajstić information content (AvgIpc) is 2.70. The van der Waals surface area contributed by atoms with E-state index in [0.29, 0.717) is 5.69 Å². The number of anilines is 1. The summed E-state index contributed by atoms with van der Waals surface area (Å²) in [5.41, 5.74) is 1.57. The number of nitrogens with one attached hydrogen (secondary N) is 3. The number of carbonyl (C=O) groups is 1. The van der Waals surface area contributed by atoms with E-state index in [1.165, 1.54) is 6.07 Å². The normalized spacial score (nSPS) is 10.2. The molecule has 2 aromatic rings. The van der Waals surface area contributed by atoms with Gasteiger partial charge in [-0.3, -0.25) is 19.8 Å². The Morgan fingerprint density at radius 2 is 2.06 bits per heavy atom. The van der Waals surface area contributed by atoms with E-state index >= 15 is 0 Å². The number of aromatic nitrogens is 2. The Bertz CT molecular complexity index is 615. The van der Waals surface area contributed by atoms with Gasteiger partial charge in [-0.2, -0.15) is 0 Å². The van der Waals surface area contributed by atoms with Crippen LogP contribution in [0.2, 0.25) is 0 Å².